The van der Waals surface area contributed by atoms with Crippen molar-refractivity contribution in [2.24, 2.45) is 0 Å². The lowest BCUT2D eigenvalue weighted by atomic mass is 10.2. The number of carbonyl (C=O) groups excluding carboxylic acids is 1. The first kappa shape index (κ1) is 15.3. The Bertz CT molecular complexity index is 880. The van der Waals surface area contributed by atoms with Gasteiger partial charge in [0.25, 0.3) is 5.91 Å². The molecule has 0 radical (unpaired) electrons. The number of carbonyl (C=O) groups is 1. The highest BCUT2D eigenvalue weighted by atomic mass is 32.1. The number of nitrogens with zero attached hydrogens (tertiary/aromatic N) is 3. The normalized spacial score (nSPS) is 17.5. The average Bonchev–Trinajstić information content (AvgIpc) is 3.30. The number of ether oxygens (including phenoxy) is 1. The number of aromatic nitrogens is 3. The zero-order valence-electron chi connectivity index (χ0n) is 13.4. The van der Waals surface area contributed by atoms with Gasteiger partial charge in [-0.05, 0) is 31.4 Å². The van der Waals surface area contributed by atoms with Crippen molar-refractivity contribution in [2.75, 3.05) is 6.61 Å². The van der Waals surface area contributed by atoms with Crippen molar-refractivity contribution in [3.05, 3.63) is 51.9 Å². The van der Waals surface area contributed by atoms with Crippen LogP contribution in [0.3, 0.4) is 0 Å². The lowest BCUT2D eigenvalue weighted by molar-refractivity contribution is 0.0943. The number of pyridine rings is 1. The Kier molecular flexibility index (Phi) is 4.03. The van der Waals surface area contributed by atoms with Crippen LogP contribution in [-0.2, 0) is 11.3 Å². The summed E-state index contributed by atoms with van der Waals surface area (Å²) in [5.74, 6) is -0.177. The maximum Gasteiger partial charge on any atom is 0.271 e. The van der Waals surface area contributed by atoms with Crippen LogP contribution < -0.4 is 5.32 Å². The van der Waals surface area contributed by atoms with Crippen LogP contribution in [0.25, 0.3) is 5.65 Å². The molecular weight excluding hydrogens is 324 g/mol. The Hall–Kier alpha value is -2.25. The molecular formula is C17H18N4O2S. The van der Waals surface area contributed by atoms with E-state index in [1.165, 1.54) is 11.3 Å². The predicted octanol–water partition coefficient (Wildman–Crippen LogP) is 2.88. The lowest BCUT2D eigenvalue weighted by Gasteiger charge is -2.03. The van der Waals surface area contributed by atoms with Crippen molar-refractivity contribution in [1.82, 2.24) is 19.7 Å². The molecule has 3 aromatic heterocycles. The minimum absolute atomic E-state index is 0.0537. The van der Waals surface area contributed by atoms with Crippen LogP contribution in [0.15, 0.2) is 29.9 Å². The van der Waals surface area contributed by atoms with Gasteiger partial charge in [-0.15, -0.1) is 11.3 Å². The van der Waals surface area contributed by atoms with Gasteiger partial charge in [-0.1, -0.05) is 6.07 Å². The Balaban J connectivity index is 1.43. The molecule has 1 aliphatic heterocycles. The van der Waals surface area contributed by atoms with Gasteiger partial charge in [-0.25, -0.2) is 9.97 Å². The van der Waals surface area contributed by atoms with Crippen molar-refractivity contribution < 1.29 is 9.53 Å². The number of hydrogen-bond acceptors (Lipinski definition) is 5. The van der Waals surface area contributed by atoms with Gasteiger partial charge in [0.2, 0.25) is 0 Å². The van der Waals surface area contributed by atoms with E-state index in [4.69, 9.17) is 4.74 Å². The van der Waals surface area contributed by atoms with Gasteiger partial charge in [-0.2, -0.15) is 0 Å². The molecule has 1 N–H and O–H groups in total. The van der Waals surface area contributed by atoms with Crippen LogP contribution in [0.4, 0.5) is 0 Å². The fraction of sp³-hybridized carbons (Fsp3) is 0.353. The molecule has 0 bridgehead atoms. The predicted molar refractivity (Wildman–Crippen MR) is 91.1 cm³/mol. The fourth-order valence-corrected chi connectivity index (χ4v) is 3.74. The summed E-state index contributed by atoms with van der Waals surface area (Å²) in [4.78, 5) is 21.3. The number of fused-ring (bicyclic) bond motifs is 1. The number of imidazole rings is 1. The Morgan fingerprint density at radius 3 is 3.21 bits per heavy atom. The molecule has 0 aliphatic carbocycles. The van der Waals surface area contributed by atoms with Gasteiger partial charge in [0.15, 0.2) is 0 Å². The summed E-state index contributed by atoms with van der Waals surface area (Å²) >= 11 is 1.49. The molecule has 4 rings (SSSR count). The fourth-order valence-electron chi connectivity index (χ4n) is 2.86. The first-order chi connectivity index (χ1) is 11.7. The second kappa shape index (κ2) is 6.33. The van der Waals surface area contributed by atoms with E-state index in [9.17, 15) is 4.79 Å². The number of thiazole rings is 1. The van der Waals surface area contributed by atoms with Gasteiger partial charge in [0.1, 0.15) is 22.5 Å². The Morgan fingerprint density at radius 1 is 1.50 bits per heavy atom. The third kappa shape index (κ3) is 2.92. The lowest BCUT2D eigenvalue weighted by Crippen LogP contribution is -2.23. The first-order valence-electron chi connectivity index (χ1n) is 7.99. The molecule has 3 aromatic rings. The second-order valence-corrected chi connectivity index (χ2v) is 6.80. The van der Waals surface area contributed by atoms with Crippen molar-refractivity contribution in [3.8, 4) is 0 Å². The third-order valence-electron chi connectivity index (χ3n) is 4.12. The van der Waals surface area contributed by atoms with Crippen molar-refractivity contribution >= 4 is 22.9 Å². The van der Waals surface area contributed by atoms with E-state index < -0.39 is 0 Å². The molecule has 1 unspecified atom stereocenters. The summed E-state index contributed by atoms with van der Waals surface area (Å²) in [6, 6.07) is 4.00. The second-order valence-electron chi connectivity index (χ2n) is 5.91. The Morgan fingerprint density at radius 2 is 2.42 bits per heavy atom. The van der Waals surface area contributed by atoms with Crippen molar-refractivity contribution in [3.63, 3.8) is 0 Å². The molecule has 0 saturated carbocycles. The minimum Gasteiger partial charge on any atom is -0.371 e. The molecule has 4 heterocycles. The first-order valence-corrected chi connectivity index (χ1v) is 8.87. The molecule has 1 saturated heterocycles. The maximum atomic E-state index is 12.3. The summed E-state index contributed by atoms with van der Waals surface area (Å²) in [6.45, 7) is 3.18. The molecule has 1 amide bonds. The Labute approximate surface area is 143 Å². The zero-order chi connectivity index (χ0) is 16.5. The highest BCUT2D eigenvalue weighted by Crippen LogP contribution is 2.30. The van der Waals surface area contributed by atoms with E-state index in [1.54, 1.807) is 5.38 Å². The summed E-state index contributed by atoms with van der Waals surface area (Å²) in [7, 11) is 0. The van der Waals surface area contributed by atoms with E-state index in [0.717, 1.165) is 41.4 Å². The van der Waals surface area contributed by atoms with Crippen LogP contribution >= 0.6 is 11.3 Å². The van der Waals surface area contributed by atoms with E-state index in [-0.39, 0.29) is 12.0 Å². The molecule has 0 aromatic carbocycles. The number of hydrogen-bond donors (Lipinski definition) is 1. The summed E-state index contributed by atoms with van der Waals surface area (Å²) in [6.07, 6.45) is 5.97. The molecule has 7 heteroatoms. The summed E-state index contributed by atoms with van der Waals surface area (Å²) < 4.78 is 7.58. The smallest absolute Gasteiger partial charge is 0.271 e. The number of aryl methyl sites for hydroxylation is 1. The molecule has 6 nitrogen and oxygen atoms in total. The molecule has 1 aliphatic rings. The van der Waals surface area contributed by atoms with E-state index >= 15 is 0 Å². The SMILES string of the molecule is Cc1cccn2cc(CNC(=O)c3csc(C4CCCO4)n3)nc12. The van der Waals surface area contributed by atoms with Crippen LogP contribution in [0, 0.1) is 6.92 Å². The molecule has 124 valence electrons. The van der Waals surface area contributed by atoms with Gasteiger partial charge in [-0.3, -0.25) is 4.79 Å². The summed E-state index contributed by atoms with van der Waals surface area (Å²) in [5.41, 5.74) is 3.30. The average molecular weight is 342 g/mol. The molecule has 0 spiro atoms. The summed E-state index contributed by atoms with van der Waals surface area (Å²) in [5, 5.41) is 5.57. The van der Waals surface area contributed by atoms with E-state index in [1.807, 2.05) is 35.9 Å². The zero-order valence-corrected chi connectivity index (χ0v) is 14.2. The van der Waals surface area contributed by atoms with Gasteiger partial charge >= 0.3 is 0 Å². The molecule has 1 fully saturated rings. The van der Waals surface area contributed by atoms with Crippen LogP contribution in [-0.4, -0.2) is 26.9 Å². The van der Waals surface area contributed by atoms with Gasteiger partial charge < -0.3 is 14.5 Å². The number of nitrogens with one attached hydrogen (secondary N) is 1. The quantitative estimate of drug-likeness (QED) is 0.791. The largest absolute Gasteiger partial charge is 0.371 e. The van der Waals surface area contributed by atoms with Crippen LogP contribution in [0.2, 0.25) is 0 Å². The van der Waals surface area contributed by atoms with Crippen LogP contribution in [0.1, 0.15) is 45.7 Å². The number of rotatable bonds is 4. The standard InChI is InChI=1S/C17H18N4O2S/c1-11-4-2-6-21-9-12(19-15(11)21)8-18-16(22)13-10-24-17(20-13)14-5-3-7-23-14/h2,4,6,9-10,14H,3,5,7-8H2,1H3,(H,18,22). The van der Waals surface area contributed by atoms with Crippen molar-refractivity contribution in [1.29, 1.82) is 0 Å². The van der Waals surface area contributed by atoms with Gasteiger partial charge in [0.05, 0.1) is 12.2 Å². The van der Waals surface area contributed by atoms with Gasteiger partial charge in [0, 0.05) is 24.4 Å². The maximum absolute atomic E-state index is 12.3. The van der Waals surface area contributed by atoms with E-state index in [2.05, 4.69) is 15.3 Å². The number of amides is 1. The highest BCUT2D eigenvalue weighted by Gasteiger charge is 2.22. The molecule has 24 heavy (non-hydrogen) atoms. The monoisotopic (exact) mass is 342 g/mol. The molecule has 1 atom stereocenters. The van der Waals surface area contributed by atoms with Crippen molar-refractivity contribution in [2.45, 2.75) is 32.4 Å². The topological polar surface area (TPSA) is 68.5 Å². The van der Waals surface area contributed by atoms with Crippen LogP contribution in [0.5, 0.6) is 0 Å². The third-order valence-corrected chi connectivity index (χ3v) is 5.05. The minimum atomic E-state index is -0.177. The highest BCUT2D eigenvalue weighted by molar-refractivity contribution is 7.09. The van der Waals surface area contributed by atoms with E-state index in [0.29, 0.717) is 12.2 Å².